The van der Waals surface area contributed by atoms with Gasteiger partial charge in [-0.25, -0.2) is 4.39 Å². The van der Waals surface area contributed by atoms with Crippen LogP contribution in [-0.2, 0) is 4.74 Å². The van der Waals surface area contributed by atoms with Crippen LogP contribution in [0.25, 0.3) is 0 Å². The van der Waals surface area contributed by atoms with E-state index in [4.69, 9.17) is 9.47 Å². The van der Waals surface area contributed by atoms with E-state index in [0.29, 0.717) is 31.8 Å². The lowest BCUT2D eigenvalue weighted by Crippen LogP contribution is -2.24. The molecule has 0 aromatic heterocycles. The van der Waals surface area contributed by atoms with Gasteiger partial charge in [-0.1, -0.05) is 0 Å². The molecule has 1 aliphatic heterocycles. The minimum Gasteiger partial charge on any atom is -0.497 e. The SMILES string of the molecule is COc1ccc(F)c(C(=O)C2CCOCC2)c1. The zero-order chi connectivity index (χ0) is 12.3. The van der Waals surface area contributed by atoms with Crippen LogP contribution in [0, 0.1) is 11.7 Å². The van der Waals surface area contributed by atoms with Gasteiger partial charge < -0.3 is 9.47 Å². The smallest absolute Gasteiger partial charge is 0.169 e. The van der Waals surface area contributed by atoms with Crippen molar-refractivity contribution in [1.29, 1.82) is 0 Å². The molecule has 0 spiro atoms. The molecule has 0 aliphatic carbocycles. The molecule has 92 valence electrons. The van der Waals surface area contributed by atoms with Gasteiger partial charge in [-0.15, -0.1) is 0 Å². The molecule has 17 heavy (non-hydrogen) atoms. The molecule has 0 N–H and O–H groups in total. The second kappa shape index (κ2) is 5.27. The largest absolute Gasteiger partial charge is 0.497 e. The van der Waals surface area contributed by atoms with Crippen molar-refractivity contribution in [2.24, 2.45) is 5.92 Å². The number of carbonyl (C=O) groups excluding carboxylic acids is 1. The number of benzene rings is 1. The van der Waals surface area contributed by atoms with E-state index in [0.717, 1.165) is 0 Å². The number of rotatable bonds is 3. The maximum Gasteiger partial charge on any atom is 0.169 e. The van der Waals surface area contributed by atoms with E-state index in [1.807, 2.05) is 0 Å². The summed E-state index contributed by atoms with van der Waals surface area (Å²) < 4.78 is 23.8. The van der Waals surface area contributed by atoms with Gasteiger partial charge in [-0.3, -0.25) is 4.79 Å². The van der Waals surface area contributed by atoms with Gasteiger partial charge in [0.2, 0.25) is 0 Å². The molecule has 2 rings (SSSR count). The van der Waals surface area contributed by atoms with Crippen molar-refractivity contribution in [3.8, 4) is 5.75 Å². The van der Waals surface area contributed by atoms with E-state index in [2.05, 4.69) is 0 Å². The predicted octanol–water partition coefficient (Wildman–Crippen LogP) is 2.44. The van der Waals surface area contributed by atoms with Crippen molar-refractivity contribution in [2.75, 3.05) is 20.3 Å². The van der Waals surface area contributed by atoms with Gasteiger partial charge in [0.15, 0.2) is 5.78 Å². The number of methoxy groups -OCH3 is 1. The first kappa shape index (κ1) is 12.0. The highest BCUT2D eigenvalue weighted by atomic mass is 19.1. The van der Waals surface area contributed by atoms with E-state index in [-0.39, 0.29) is 17.3 Å². The van der Waals surface area contributed by atoms with Gasteiger partial charge in [-0.05, 0) is 31.0 Å². The fourth-order valence-electron chi connectivity index (χ4n) is 2.00. The number of hydrogen-bond acceptors (Lipinski definition) is 3. The molecule has 1 aromatic rings. The van der Waals surface area contributed by atoms with Crippen molar-refractivity contribution >= 4 is 5.78 Å². The molecule has 0 bridgehead atoms. The Balaban J connectivity index is 2.22. The molecule has 3 nitrogen and oxygen atoms in total. The summed E-state index contributed by atoms with van der Waals surface area (Å²) in [6.45, 7) is 1.14. The zero-order valence-corrected chi connectivity index (χ0v) is 9.74. The van der Waals surface area contributed by atoms with Crippen LogP contribution in [0.15, 0.2) is 18.2 Å². The molecule has 0 unspecified atom stereocenters. The van der Waals surface area contributed by atoms with Crippen LogP contribution in [0.5, 0.6) is 5.75 Å². The molecule has 1 saturated heterocycles. The summed E-state index contributed by atoms with van der Waals surface area (Å²) in [6.07, 6.45) is 1.32. The Kier molecular flexibility index (Phi) is 3.74. The second-order valence-electron chi connectivity index (χ2n) is 4.10. The van der Waals surface area contributed by atoms with Crippen LogP contribution in [0.4, 0.5) is 4.39 Å². The average Bonchev–Trinajstić information content (AvgIpc) is 2.39. The topological polar surface area (TPSA) is 35.5 Å². The monoisotopic (exact) mass is 238 g/mol. The minimum atomic E-state index is -0.484. The minimum absolute atomic E-state index is 0.122. The molecule has 0 amide bonds. The summed E-state index contributed by atoms with van der Waals surface area (Å²) in [5.74, 6) is -0.265. The summed E-state index contributed by atoms with van der Waals surface area (Å²) >= 11 is 0. The van der Waals surface area contributed by atoms with Gasteiger partial charge in [-0.2, -0.15) is 0 Å². The van der Waals surface area contributed by atoms with Crippen LogP contribution in [0.1, 0.15) is 23.2 Å². The average molecular weight is 238 g/mol. The summed E-state index contributed by atoms with van der Waals surface area (Å²) in [7, 11) is 1.50. The van der Waals surface area contributed by atoms with Gasteiger partial charge in [0.1, 0.15) is 11.6 Å². The van der Waals surface area contributed by atoms with E-state index in [9.17, 15) is 9.18 Å². The molecule has 1 aliphatic rings. The Morgan fingerprint density at radius 1 is 1.41 bits per heavy atom. The lowest BCUT2D eigenvalue weighted by molar-refractivity contribution is 0.0542. The Labute approximate surface area is 99.5 Å². The molecular weight excluding hydrogens is 223 g/mol. The lowest BCUT2D eigenvalue weighted by Gasteiger charge is -2.21. The van der Waals surface area contributed by atoms with Crippen molar-refractivity contribution in [1.82, 2.24) is 0 Å². The van der Waals surface area contributed by atoms with E-state index in [1.165, 1.54) is 25.3 Å². The maximum atomic E-state index is 13.6. The summed E-state index contributed by atoms with van der Waals surface area (Å²) in [5.41, 5.74) is 0.122. The third kappa shape index (κ3) is 2.64. The Hall–Kier alpha value is -1.42. The normalized spacial score (nSPS) is 16.8. The second-order valence-corrected chi connectivity index (χ2v) is 4.10. The number of ketones is 1. The Bertz CT molecular complexity index is 411. The summed E-state index contributed by atoms with van der Waals surface area (Å²) in [5, 5.41) is 0. The zero-order valence-electron chi connectivity index (χ0n) is 9.74. The van der Waals surface area contributed by atoms with Crippen molar-refractivity contribution in [2.45, 2.75) is 12.8 Å². The first-order valence-corrected chi connectivity index (χ1v) is 5.68. The van der Waals surface area contributed by atoms with Crippen LogP contribution in [0.3, 0.4) is 0 Å². The molecule has 0 radical (unpaired) electrons. The third-order valence-electron chi connectivity index (χ3n) is 3.03. The van der Waals surface area contributed by atoms with Crippen LogP contribution in [-0.4, -0.2) is 26.1 Å². The Morgan fingerprint density at radius 2 is 2.12 bits per heavy atom. The lowest BCUT2D eigenvalue weighted by atomic mass is 9.90. The molecule has 0 atom stereocenters. The van der Waals surface area contributed by atoms with Crippen molar-refractivity contribution in [3.63, 3.8) is 0 Å². The molecule has 1 fully saturated rings. The molecular formula is C13H15FO3. The molecule has 1 heterocycles. The Morgan fingerprint density at radius 3 is 2.76 bits per heavy atom. The number of Topliss-reactive ketones (excluding diaryl/α,β-unsaturated/α-hetero) is 1. The molecule has 1 aromatic carbocycles. The standard InChI is InChI=1S/C13H15FO3/c1-16-10-2-3-12(14)11(8-10)13(15)9-4-6-17-7-5-9/h2-3,8-9H,4-7H2,1H3. The third-order valence-corrected chi connectivity index (χ3v) is 3.03. The van der Waals surface area contributed by atoms with Crippen LogP contribution in [0.2, 0.25) is 0 Å². The van der Waals surface area contributed by atoms with Gasteiger partial charge in [0, 0.05) is 19.1 Å². The quantitative estimate of drug-likeness (QED) is 0.759. The summed E-state index contributed by atoms with van der Waals surface area (Å²) in [4.78, 5) is 12.1. The molecule has 0 saturated carbocycles. The van der Waals surface area contributed by atoms with Crippen LogP contribution >= 0.6 is 0 Å². The predicted molar refractivity (Wildman–Crippen MR) is 60.8 cm³/mol. The van der Waals surface area contributed by atoms with E-state index < -0.39 is 5.82 Å². The molecule has 4 heteroatoms. The first-order chi connectivity index (χ1) is 8.22. The van der Waals surface area contributed by atoms with Crippen LogP contribution < -0.4 is 4.74 Å². The van der Waals surface area contributed by atoms with E-state index >= 15 is 0 Å². The number of carbonyl (C=O) groups is 1. The number of ether oxygens (including phenoxy) is 2. The maximum absolute atomic E-state index is 13.6. The fraction of sp³-hybridized carbons (Fsp3) is 0.462. The number of halogens is 1. The van der Waals surface area contributed by atoms with Gasteiger partial charge >= 0.3 is 0 Å². The van der Waals surface area contributed by atoms with Gasteiger partial charge in [0.25, 0.3) is 0 Å². The highest BCUT2D eigenvalue weighted by molar-refractivity contribution is 5.98. The first-order valence-electron chi connectivity index (χ1n) is 5.68. The highest BCUT2D eigenvalue weighted by Crippen LogP contribution is 2.24. The van der Waals surface area contributed by atoms with Crippen molar-refractivity contribution < 1.29 is 18.7 Å². The highest BCUT2D eigenvalue weighted by Gasteiger charge is 2.25. The van der Waals surface area contributed by atoms with Crippen molar-refractivity contribution in [3.05, 3.63) is 29.6 Å². The number of hydrogen-bond donors (Lipinski definition) is 0. The van der Waals surface area contributed by atoms with E-state index in [1.54, 1.807) is 0 Å². The van der Waals surface area contributed by atoms with Gasteiger partial charge in [0.05, 0.1) is 12.7 Å². The summed E-state index contributed by atoms with van der Waals surface area (Å²) in [6, 6.07) is 4.24. The fourth-order valence-corrected chi connectivity index (χ4v) is 2.00.